The average molecular weight is 203 g/mol. The van der Waals surface area contributed by atoms with E-state index in [1.54, 1.807) is 12.1 Å². The van der Waals surface area contributed by atoms with Crippen LogP contribution in [0.3, 0.4) is 0 Å². The first-order chi connectivity index (χ1) is 7.09. The van der Waals surface area contributed by atoms with E-state index in [9.17, 15) is 4.79 Å². The first-order valence-corrected chi connectivity index (χ1v) is 4.87. The van der Waals surface area contributed by atoms with Crippen molar-refractivity contribution in [3.05, 3.63) is 30.0 Å². The van der Waals surface area contributed by atoms with Crippen LogP contribution in [-0.4, -0.2) is 15.7 Å². The molecule has 78 valence electrons. The lowest BCUT2D eigenvalue weighted by Crippen LogP contribution is -2.10. The number of aromatic nitrogens is 2. The van der Waals surface area contributed by atoms with E-state index in [2.05, 4.69) is 5.10 Å². The molecule has 0 bridgehead atoms. The molecule has 1 amide bonds. The van der Waals surface area contributed by atoms with E-state index in [1.807, 2.05) is 30.8 Å². The van der Waals surface area contributed by atoms with Crippen LogP contribution in [0.1, 0.15) is 30.2 Å². The summed E-state index contributed by atoms with van der Waals surface area (Å²) in [5.41, 5.74) is 6.62. The Morgan fingerprint density at radius 2 is 2.20 bits per heavy atom. The van der Waals surface area contributed by atoms with Gasteiger partial charge in [-0.2, -0.15) is 5.10 Å². The third-order valence-electron chi connectivity index (χ3n) is 2.36. The lowest BCUT2D eigenvalue weighted by atomic mass is 10.1. The van der Waals surface area contributed by atoms with Gasteiger partial charge < -0.3 is 5.73 Å². The second-order valence-corrected chi connectivity index (χ2v) is 3.81. The number of benzene rings is 1. The van der Waals surface area contributed by atoms with Crippen molar-refractivity contribution in [3.63, 3.8) is 0 Å². The number of amides is 1. The monoisotopic (exact) mass is 203 g/mol. The van der Waals surface area contributed by atoms with Gasteiger partial charge in [0.1, 0.15) is 0 Å². The molecule has 0 saturated carbocycles. The maximum Gasteiger partial charge on any atom is 0.249 e. The molecule has 0 saturated heterocycles. The first kappa shape index (κ1) is 9.71. The molecule has 4 nitrogen and oxygen atoms in total. The molecule has 2 rings (SSSR count). The van der Waals surface area contributed by atoms with Gasteiger partial charge in [0.05, 0.1) is 11.1 Å². The number of nitrogens with two attached hydrogens (primary N) is 1. The van der Waals surface area contributed by atoms with Crippen molar-refractivity contribution in [3.8, 4) is 0 Å². The highest BCUT2D eigenvalue weighted by molar-refractivity contribution is 6.05. The average Bonchev–Trinajstić information content (AvgIpc) is 2.60. The van der Waals surface area contributed by atoms with Crippen molar-refractivity contribution in [1.29, 1.82) is 0 Å². The third-order valence-corrected chi connectivity index (χ3v) is 2.36. The third kappa shape index (κ3) is 1.58. The topological polar surface area (TPSA) is 60.9 Å². The predicted octanol–water partition coefficient (Wildman–Crippen LogP) is 1.72. The number of hydrogen-bond acceptors (Lipinski definition) is 2. The summed E-state index contributed by atoms with van der Waals surface area (Å²) < 4.78 is 1.83. The summed E-state index contributed by atoms with van der Waals surface area (Å²) >= 11 is 0. The maximum atomic E-state index is 11.2. The van der Waals surface area contributed by atoms with Gasteiger partial charge in [0.2, 0.25) is 5.91 Å². The normalized spacial score (nSPS) is 11.1. The van der Waals surface area contributed by atoms with Crippen LogP contribution >= 0.6 is 0 Å². The Balaban J connectivity index is 2.70. The van der Waals surface area contributed by atoms with E-state index in [4.69, 9.17) is 5.73 Å². The quantitative estimate of drug-likeness (QED) is 0.807. The molecular formula is C11H13N3O. The van der Waals surface area contributed by atoms with Gasteiger partial charge in [0, 0.05) is 17.6 Å². The highest BCUT2D eigenvalue weighted by Gasteiger charge is 2.10. The summed E-state index contributed by atoms with van der Waals surface area (Å²) in [7, 11) is 0. The Kier molecular flexibility index (Phi) is 2.19. The van der Waals surface area contributed by atoms with Gasteiger partial charge in [-0.05, 0) is 26.0 Å². The zero-order valence-corrected chi connectivity index (χ0v) is 8.77. The minimum atomic E-state index is -0.413. The number of rotatable bonds is 2. The van der Waals surface area contributed by atoms with Gasteiger partial charge in [-0.15, -0.1) is 0 Å². The number of fused-ring (bicyclic) bond motifs is 1. The smallest absolute Gasteiger partial charge is 0.249 e. The zero-order valence-electron chi connectivity index (χ0n) is 8.77. The second kappa shape index (κ2) is 3.38. The highest BCUT2D eigenvalue weighted by atomic mass is 16.1. The molecule has 2 N–H and O–H groups in total. The van der Waals surface area contributed by atoms with Crippen molar-refractivity contribution >= 4 is 16.8 Å². The van der Waals surface area contributed by atoms with Gasteiger partial charge in [0.15, 0.2) is 0 Å². The fraction of sp³-hybridized carbons (Fsp3) is 0.273. The molecule has 0 fully saturated rings. The molecule has 0 unspecified atom stereocenters. The number of carbonyl (C=O) groups excluding carboxylic acids is 1. The van der Waals surface area contributed by atoms with E-state index in [0.29, 0.717) is 5.56 Å². The largest absolute Gasteiger partial charge is 0.366 e. The van der Waals surface area contributed by atoms with E-state index in [1.165, 1.54) is 0 Å². The maximum absolute atomic E-state index is 11.2. The molecule has 1 heterocycles. The molecule has 4 heteroatoms. The minimum Gasteiger partial charge on any atom is -0.366 e. The number of primary amides is 1. The Morgan fingerprint density at radius 1 is 1.47 bits per heavy atom. The second-order valence-electron chi connectivity index (χ2n) is 3.81. The summed E-state index contributed by atoms with van der Waals surface area (Å²) in [4.78, 5) is 11.2. The molecule has 0 aliphatic carbocycles. The number of nitrogens with zero attached hydrogens (tertiary/aromatic N) is 2. The predicted molar refractivity (Wildman–Crippen MR) is 58.6 cm³/mol. The molecule has 1 aromatic carbocycles. The standard InChI is InChI=1S/C11H13N3O/c1-7(2)14-6-9-8(11(12)15)4-3-5-10(9)13-14/h3-7H,1-2H3,(H2,12,15). The van der Waals surface area contributed by atoms with Crippen LogP contribution in [0.15, 0.2) is 24.4 Å². The van der Waals surface area contributed by atoms with Gasteiger partial charge >= 0.3 is 0 Å². The molecular weight excluding hydrogens is 190 g/mol. The molecule has 1 aromatic heterocycles. The van der Waals surface area contributed by atoms with Crippen LogP contribution in [0.2, 0.25) is 0 Å². The molecule has 0 atom stereocenters. The van der Waals surface area contributed by atoms with Crippen LogP contribution in [-0.2, 0) is 0 Å². The number of hydrogen-bond donors (Lipinski definition) is 1. The van der Waals surface area contributed by atoms with E-state index in [0.717, 1.165) is 10.9 Å². The highest BCUT2D eigenvalue weighted by Crippen LogP contribution is 2.18. The summed E-state index contributed by atoms with van der Waals surface area (Å²) in [5.74, 6) is -0.413. The van der Waals surface area contributed by atoms with Crippen LogP contribution in [0, 0.1) is 0 Å². The molecule has 2 aromatic rings. The Labute approximate surface area is 87.7 Å². The van der Waals surface area contributed by atoms with Crippen LogP contribution < -0.4 is 5.73 Å². The lowest BCUT2D eigenvalue weighted by molar-refractivity contribution is 0.100. The Morgan fingerprint density at radius 3 is 2.80 bits per heavy atom. The fourth-order valence-electron chi connectivity index (χ4n) is 1.54. The minimum absolute atomic E-state index is 0.276. The van der Waals surface area contributed by atoms with Crippen molar-refractivity contribution in [2.24, 2.45) is 5.73 Å². The van der Waals surface area contributed by atoms with Gasteiger partial charge in [-0.1, -0.05) is 6.07 Å². The van der Waals surface area contributed by atoms with E-state index < -0.39 is 5.91 Å². The van der Waals surface area contributed by atoms with Crippen molar-refractivity contribution in [1.82, 2.24) is 9.78 Å². The van der Waals surface area contributed by atoms with E-state index in [-0.39, 0.29) is 6.04 Å². The van der Waals surface area contributed by atoms with Crippen LogP contribution in [0.4, 0.5) is 0 Å². The molecule has 0 aliphatic heterocycles. The van der Waals surface area contributed by atoms with Gasteiger partial charge in [-0.3, -0.25) is 9.48 Å². The first-order valence-electron chi connectivity index (χ1n) is 4.87. The fourth-order valence-corrected chi connectivity index (χ4v) is 1.54. The summed E-state index contributed by atoms with van der Waals surface area (Å²) in [6, 6.07) is 5.66. The Hall–Kier alpha value is -1.84. The summed E-state index contributed by atoms with van der Waals surface area (Å²) in [5, 5.41) is 5.18. The molecule has 0 aliphatic rings. The van der Waals surface area contributed by atoms with Crippen molar-refractivity contribution in [2.75, 3.05) is 0 Å². The molecule has 0 radical (unpaired) electrons. The lowest BCUT2D eigenvalue weighted by Gasteiger charge is -2.02. The molecule has 0 spiro atoms. The van der Waals surface area contributed by atoms with Gasteiger partial charge in [0.25, 0.3) is 0 Å². The van der Waals surface area contributed by atoms with Crippen LogP contribution in [0.5, 0.6) is 0 Å². The van der Waals surface area contributed by atoms with Crippen molar-refractivity contribution < 1.29 is 4.79 Å². The summed E-state index contributed by atoms with van der Waals surface area (Å²) in [6.45, 7) is 4.08. The summed E-state index contributed by atoms with van der Waals surface area (Å²) in [6.07, 6.45) is 1.86. The number of carbonyl (C=O) groups is 1. The molecule has 15 heavy (non-hydrogen) atoms. The SMILES string of the molecule is CC(C)n1cc2c(C(N)=O)cccc2n1. The van der Waals surface area contributed by atoms with Crippen LogP contribution in [0.25, 0.3) is 10.9 Å². The van der Waals surface area contributed by atoms with Crippen molar-refractivity contribution in [2.45, 2.75) is 19.9 Å². The van der Waals surface area contributed by atoms with E-state index >= 15 is 0 Å². The van der Waals surface area contributed by atoms with Gasteiger partial charge in [-0.25, -0.2) is 0 Å². The zero-order chi connectivity index (χ0) is 11.0. The Bertz CT molecular complexity index is 514.